The normalized spacial score (nSPS) is 12.2. The van der Waals surface area contributed by atoms with Gasteiger partial charge in [0.2, 0.25) is 0 Å². The van der Waals surface area contributed by atoms with Crippen LogP contribution in [-0.2, 0) is 0 Å². The molecule has 0 atom stereocenters. The molecule has 4 nitrogen and oxygen atoms in total. The van der Waals surface area contributed by atoms with E-state index in [-0.39, 0.29) is 0 Å². The van der Waals surface area contributed by atoms with Crippen molar-refractivity contribution in [3.8, 4) is 28.1 Å². The van der Waals surface area contributed by atoms with Gasteiger partial charge < -0.3 is 9.47 Å². The maximum Gasteiger partial charge on any atom is 0.179 e. The highest BCUT2D eigenvalue weighted by Gasteiger charge is 2.42. The molecule has 0 N–H and O–H groups in total. The number of rotatable bonds is 6. The SMILES string of the molecule is c1ccc([Si](c2ccccc2)(c2ccccc2)c2cccc(N3c4ccncc4-c4ccccc4-c4c3c3cnccc3n4-c3cccc4ccccc34)c2)cc1. The maximum absolute atomic E-state index is 4.79. The zero-order chi connectivity index (χ0) is 37.8. The predicted molar refractivity (Wildman–Crippen MR) is 239 cm³/mol. The van der Waals surface area contributed by atoms with Gasteiger partial charge >= 0.3 is 0 Å². The Hall–Kier alpha value is -7.34. The first-order valence-corrected chi connectivity index (χ1v) is 21.4. The topological polar surface area (TPSA) is 34.0 Å². The fraction of sp³-hybridized carbons (Fsp3) is 0. The molecular weight excluding hydrogens is 709 g/mol. The average molecular weight is 745 g/mol. The van der Waals surface area contributed by atoms with E-state index in [2.05, 4.69) is 204 Å². The summed E-state index contributed by atoms with van der Waals surface area (Å²) in [5.41, 5.74) is 9.94. The fourth-order valence-corrected chi connectivity index (χ4v) is 14.1. The summed E-state index contributed by atoms with van der Waals surface area (Å²) >= 11 is 0. The van der Waals surface area contributed by atoms with Gasteiger partial charge in [-0.15, -0.1) is 0 Å². The van der Waals surface area contributed by atoms with E-state index in [9.17, 15) is 0 Å². The summed E-state index contributed by atoms with van der Waals surface area (Å²) in [6, 6.07) is 71.1. The highest BCUT2D eigenvalue weighted by molar-refractivity contribution is 7.19. The lowest BCUT2D eigenvalue weighted by Gasteiger charge is -2.35. The number of anilines is 3. The molecule has 57 heavy (non-hydrogen) atoms. The summed E-state index contributed by atoms with van der Waals surface area (Å²) in [6.45, 7) is 0. The maximum atomic E-state index is 4.79. The van der Waals surface area contributed by atoms with Crippen molar-refractivity contribution in [2.24, 2.45) is 0 Å². The molecule has 3 aromatic heterocycles. The number of nitrogens with zero attached hydrogens (tertiary/aromatic N) is 4. The summed E-state index contributed by atoms with van der Waals surface area (Å²) < 4.78 is 2.46. The van der Waals surface area contributed by atoms with Gasteiger partial charge in [0.15, 0.2) is 8.07 Å². The number of aromatic nitrogens is 3. The van der Waals surface area contributed by atoms with Crippen LogP contribution in [0, 0.1) is 0 Å². The summed E-state index contributed by atoms with van der Waals surface area (Å²) in [7, 11) is -2.84. The summed E-state index contributed by atoms with van der Waals surface area (Å²) in [6.07, 6.45) is 7.90. The van der Waals surface area contributed by atoms with Crippen LogP contribution in [-0.4, -0.2) is 22.6 Å². The minimum atomic E-state index is -2.84. The molecule has 0 bridgehead atoms. The molecule has 11 rings (SSSR count). The summed E-state index contributed by atoms with van der Waals surface area (Å²) in [4.78, 5) is 12.0. The van der Waals surface area contributed by atoms with Gasteiger partial charge in [-0.05, 0) is 62.0 Å². The van der Waals surface area contributed by atoms with Crippen LogP contribution in [0.1, 0.15) is 0 Å². The molecule has 0 saturated heterocycles. The first-order chi connectivity index (χ1) is 28.3. The first kappa shape index (κ1) is 33.0. The summed E-state index contributed by atoms with van der Waals surface area (Å²) in [5.74, 6) is 0. The Kier molecular flexibility index (Phi) is 7.79. The molecule has 7 aromatic carbocycles. The van der Waals surface area contributed by atoms with Gasteiger partial charge in [-0.25, -0.2) is 0 Å². The van der Waals surface area contributed by atoms with E-state index in [1.807, 2.05) is 24.8 Å². The van der Waals surface area contributed by atoms with E-state index in [1.165, 1.54) is 31.5 Å². The second-order valence-electron chi connectivity index (χ2n) is 14.6. The molecule has 1 aliphatic heterocycles. The third kappa shape index (κ3) is 5.06. The highest BCUT2D eigenvalue weighted by Crippen LogP contribution is 2.54. The number of fused-ring (bicyclic) bond motifs is 8. The molecular formula is C52H36N4Si. The Morgan fingerprint density at radius 1 is 0.404 bits per heavy atom. The van der Waals surface area contributed by atoms with E-state index in [0.29, 0.717) is 0 Å². The standard InChI is InChI=1S/C52H36N4Si/c1-4-19-39(20-5-1)57(40-21-6-2-7-22-40,41-23-8-3-9-24-41)42-25-15-18-38(34-42)55-49-30-32-53-35-46(49)44-27-12-13-28-45(44)51-52(55)47-36-54-33-31-50(47)56(51)48-29-14-17-37-16-10-11-26-43(37)48/h1-36H. The molecule has 4 heterocycles. The van der Waals surface area contributed by atoms with Crippen molar-refractivity contribution in [3.05, 3.63) is 219 Å². The van der Waals surface area contributed by atoms with Crippen molar-refractivity contribution in [1.29, 1.82) is 0 Å². The third-order valence-electron chi connectivity index (χ3n) is 11.6. The lowest BCUT2D eigenvalue weighted by Crippen LogP contribution is -2.74. The van der Waals surface area contributed by atoms with Gasteiger partial charge in [0, 0.05) is 52.4 Å². The quantitative estimate of drug-likeness (QED) is 0.126. The van der Waals surface area contributed by atoms with Crippen LogP contribution in [0.5, 0.6) is 0 Å². The molecule has 5 heteroatoms. The van der Waals surface area contributed by atoms with Crippen LogP contribution in [0.2, 0.25) is 0 Å². The van der Waals surface area contributed by atoms with Crippen LogP contribution >= 0.6 is 0 Å². The van der Waals surface area contributed by atoms with E-state index in [1.54, 1.807) is 0 Å². The van der Waals surface area contributed by atoms with Crippen molar-refractivity contribution in [1.82, 2.24) is 14.5 Å². The Labute approximate surface area is 332 Å². The molecule has 0 spiro atoms. The Morgan fingerprint density at radius 3 is 1.72 bits per heavy atom. The van der Waals surface area contributed by atoms with Crippen LogP contribution in [0.4, 0.5) is 17.1 Å². The van der Waals surface area contributed by atoms with Crippen molar-refractivity contribution >= 4 is 67.6 Å². The minimum absolute atomic E-state index is 1.07. The molecule has 0 amide bonds. The lowest BCUT2D eigenvalue weighted by atomic mass is 9.98. The van der Waals surface area contributed by atoms with E-state index >= 15 is 0 Å². The second-order valence-corrected chi connectivity index (χ2v) is 18.4. The number of hydrogen-bond donors (Lipinski definition) is 0. The van der Waals surface area contributed by atoms with Crippen LogP contribution < -0.4 is 25.6 Å². The smallest absolute Gasteiger partial charge is 0.179 e. The second kappa shape index (κ2) is 13.4. The molecule has 10 aromatic rings. The zero-order valence-electron chi connectivity index (χ0n) is 31.1. The molecule has 0 saturated carbocycles. The Bertz CT molecular complexity index is 2980. The highest BCUT2D eigenvalue weighted by atomic mass is 28.3. The van der Waals surface area contributed by atoms with Crippen LogP contribution in [0.25, 0.3) is 49.7 Å². The lowest BCUT2D eigenvalue weighted by molar-refractivity contribution is 1.14. The van der Waals surface area contributed by atoms with E-state index in [0.717, 1.165) is 56.0 Å². The molecule has 0 radical (unpaired) electrons. The van der Waals surface area contributed by atoms with Crippen LogP contribution in [0.3, 0.4) is 0 Å². The zero-order valence-corrected chi connectivity index (χ0v) is 32.1. The van der Waals surface area contributed by atoms with Gasteiger partial charge in [0.1, 0.15) is 0 Å². The molecule has 268 valence electrons. The number of hydrogen-bond acceptors (Lipinski definition) is 3. The van der Waals surface area contributed by atoms with Gasteiger partial charge in [-0.3, -0.25) is 9.97 Å². The van der Waals surface area contributed by atoms with Gasteiger partial charge in [0.05, 0.1) is 28.3 Å². The Balaban J connectivity index is 1.27. The minimum Gasteiger partial charge on any atom is -0.307 e. The van der Waals surface area contributed by atoms with Gasteiger partial charge in [0.25, 0.3) is 0 Å². The van der Waals surface area contributed by atoms with E-state index < -0.39 is 8.07 Å². The third-order valence-corrected chi connectivity index (χ3v) is 16.4. The molecule has 1 aliphatic rings. The fourth-order valence-electron chi connectivity index (χ4n) is 9.29. The number of pyridine rings is 2. The molecule has 0 fully saturated rings. The van der Waals surface area contributed by atoms with Crippen molar-refractivity contribution in [2.45, 2.75) is 0 Å². The monoisotopic (exact) mass is 744 g/mol. The van der Waals surface area contributed by atoms with Crippen LogP contribution in [0.15, 0.2) is 219 Å². The van der Waals surface area contributed by atoms with E-state index in [4.69, 9.17) is 9.97 Å². The molecule has 0 unspecified atom stereocenters. The Morgan fingerprint density at radius 2 is 0.982 bits per heavy atom. The average Bonchev–Trinajstić information content (AvgIpc) is 3.56. The first-order valence-electron chi connectivity index (χ1n) is 19.4. The van der Waals surface area contributed by atoms with Gasteiger partial charge in [-0.1, -0.05) is 164 Å². The number of benzene rings is 7. The largest absolute Gasteiger partial charge is 0.307 e. The summed E-state index contributed by atoms with van der Waals surface area (Å²) in [5, 5.41) is 8.78. The van der Waals surface area contributed by atoms with Crippen molar-refractivity contribution < 1.29 is 0 Å². The predicted octanol–water partition coefficient (Wildman–Crippen LogP) is 10.1. The van der Waals surface area contributed by atoms with Crippen molar-refractivity contribution in [2.75, 3.05) is 4.90 Å². The molecule has 0 aliphatic carbocycles. The van der Waals surface area contributed by atoms with Crippen molar-refractivity contribution in [3.63, 3.8) is 0 Å². The van der Waals surface area contributed by atoms with Gasteiger partial charge in [-0.2, -0.15) is 0 Å².